The Balaban J connectivity index is 1.69. The Morgan fingerprint density at radius 1 is 1.21 bits per heavy atom. The quantitative estimate of drug-likeness (QED) is 0.927. The third-order valence-corrected chi connectivity index (χ3v) is 4.53. The van der Waals surface area contributed by atoms with Crippen LogP contribution in [0, 0.1) is 0 Å². The van der Waals surface area contributed by atoms with Crippen LogP contribution in [0.2, 0.25) is 0 Å². The maximum Gasteiger partial charge on any atom is 0.197 e. The predicted molar refractivity (Wildman–Crippen MR) is 73.0 cm³/mol. The van der Waals surface area contributed by atoms with Crippen molar-refractivity contribution in [2.24, 2.45) is 0 Å². The van der Waals surface area contributed by atoms with E-state index in [1.54, 1.807) is 6.20 Å². The molecule has 0 aromatic carbocycles. The van der Waals surface area contributed by atoms with E-state index in [9.17, 15) is 0 Å². The summed E-state index contributed by atoms with van der Waals surface area (Å²) in [5.74, 6) is 1.79. The van der Waals surface area contributed by atoms with E-state index < -0.39 is 0 Å². The molecule has 2 aliphatic carbocycles. The van der Waals surface area contributed by atoms with E-state index in [-0.39, 0.29) is 0 Å². The summed E-state index contributed by atoms with van der Waals surface area (Å²) < 4.78 is 2.32. The topological polar surface area (TPSA) is 69.6 Å². The summed E-state index contributed by atoms with van der Waals surface area (Å²) in [4.78, 5) is 4.32. The fraction of sp³-hybridized carbons (Fsp3) is 0.462. The number of aromatic nitrogens is 4. The molecule has 0 aliphatic heterocycles. The lowest BCUT2D eigenvalue weighted by Crippen LogP contribution is -2.02. The average Bonchev–Trinajstić information content (AvgIpc) is 3.32. The van der Waals surface area contributed by atoms with Crippen LogP contribution in [0.5, 0.6) is 0 Å². The molecule has 2 aromatic rings. The van der Waals surface area contributed by atoms with Gasteiger partial charge in [0.15, 0.2) is 5.16 Å². The third kappa shape index (κ3) is 2.10. The Bertz CT molecular complexity index is 615. The molecule has 0 spiro atoms. The van der Waals surface area contributed by atoms with Gasteiger partial charge in [-0.2, -0.15) is 0 Å². The summed E-state index contributed by atoms with van der Waals surface area (Å²) in [6, 6.07) is 4.31. The zero-order valence-corrected chi connectivity index (χ0v) is 11.3. The summed E-state index contributed by atoms with van der Waals surface area (Å²) in [7, 11) is 0. The molecule has 6 heteroatoms. The van der Waals surface area contributed by atoms with Crippen LogP contribution in [0.1, 0.15) is 43.5 Å². The van der Waals surface area contributed by atoms with E-state index in [1.165, 1.54) is 43.3 Å². The number of rotatable bonds is 4. The van der Waals surface area contributed by atoms with E-state index >= 15 is 0 Å². The number of nitrogen functional groups attached to an aromatic ring is 1. The number of hydrogen-bond donors (Lipinski definition) is 1. The molecule has 4 rings (SSSR count). The summed E-state index contributed by atoms with van der Waals surface area (Å²) in [5.41, 5.74) is 6.65. The largest absolute Gasteiger partial charge is 0.397 e. The molecule has 0 atom stereocenters. The van der Waals surface area contributed by atoms with Crippen LogP contribution in [-0.4, -0.2) is 19.7 Å². The van der Waals surface area contributed by atoms with Gasteiger partial charge in [-0.15, -0.1) is 10.2 Å². The van der Waals surface area contributed by atoms with Crippen molar-refractivity contribution in [3.05, 3.63) is 24.2 Å². The lowest BCUT2D eigenvalue weighted by molar-refractivity contribution is 0.626. The second kappa shape index (κ2) is 4.23. The highest BCUT2D eigenvalue weighted by Gasteiger charge is 2.36. The van der Waals surface area contributed by atoms with Crippen LogP contribution in [0.15, 0.2) is 28.5 Å². The van der Waals surface area contributed by atoms with Gasteiger partial charge in [0.05, 0.1) is 5.69 Å². The van der Waals surface area contributed by atoms with Gasteiger partial charge >= 0.3 is 0 Å². The molecule has 2 fully saturated rings. The van der Waals surface area contributed by atoms with E-state index in [0.717, 1.165) is 10.2 Å². The fourth-order valence-corrected chi connectivity index (χ4v) is 3.12. The maximum absolute atomic E-state index is 5.95. The van der Waals surface area contributed by atoms with Crippen molar-refractivity contribution >= 4 is 17.4 Å². The molecule has 0 radical (unpaired) electrons. The second-order valence-corrected chi connectivity index (χ2v) is 6.17. The second-order valence-electron chi connectivity index (χ2n) is 5.22. The molecule has 2 heterocycles. The normalized spacial score (nSPS) is 18.7. The highest BCUT2D eigenvalue weighted by Crippen LogP contribution is 2.46. The first-order valence-corrected chi connectivity index (χ1v) is 7.47. The van der Waals surface area contributed by atoms with Gasteiger partial charge in [-0.05, 0) is 49.6 Å². The standard InChI is InChI=1S/C13H15N5S/c14-10-2-1-7-15-12(10)19-13-17-16-11(8-3-4-8)18(13)9-5-6-9/h1-2,7-9H,3-6,14H2. The minimum atomic E-state index is 0.595. The monoisotopic (exact) mass is 273 g/mol. The molecule has 0 amide bonds. The van der Waals surface area contributed by atoms with Crippen LogP contribution in [0.3, 0.4) is 0 Å². The molecule has 0 unspecified atom stereocenters. The van der Waals surface area contributed by atoms with Gasteiger partial charge in [-0.1, -0.05) is 0 Å². The minimum Gasteiger partial charge on any atom is -0.397 e. The number of pyridine rings is 1. The molecule has 2 aromatic heterocycles. The Hall–Kier alpha value is -1.56. The smallest absolute Gasteiger partial charge is 0.197 e. The number of nitrogens with zero attached hydrogens (tertiary/aromatic N) is 4. The summed E-state index contributed by atoms with van der Waals surface area (Å²) >= 11 is 1.53. The molecular weight excluding hydrogens is 258 g/mol. The van der Waals surface area contributed by atoms with Crippen LogP contribution in [-0.2, 0) is 0 Å². The lowest BCUT2D eigenvalue weighted by atomic mass is 10.4. The first-order valence-electron chi connectivity index (χ1n) is 6.66. The molecule has 98 valence electrons. The predicted octanol–water partition coefficient (Wildman–Crippen LogP) is 2.62. The fourth-order valence-electron chi connectivity index (χ4n) is 2.23. The van der Waals surface area contributed by atoms with Crippen molar-refractivity contribution in [2.45, 2.75) is 47.8 Å². The van der Waals surface area contributed by atoms with Gasteiger partial charge in [0, 0.05) is 18.2 Å². The molecule has 0 saturated heterocycles. The van der Waals surface area contributed by atoms with Gasteiger partial charge in [-0.25, -0.2) is 4.98 Å². The average molecular weight is 273 g/mol. The molecule has 19 heavy (non-hydrogen) atoms. The van der Waals surface area contributed by atoms with E-state index in [4.69, 9.17) is 5.73 Å². The highest BCUT2D eigenvalue weighted by molar-refractivity contribution is 7.99. The zero-order valence-electron chi connectivity index (χ0n) is 10.5. The first kappa shape index (κ1) is 11.3. The maximum atomic E-state index is 5.95. The van der Waals surface area contributed by atoms with Crippen molar-refractivity contribution in [3.63, 3.8) is 0 Å². The minimum absolute atomic E-state index is 0.595. The van der Waals surface area contributed by atoms with E-state index in [1.807, 2.05) is 12.1 Å². The van der Waals surface area contributed by atoms with E-state index in [0.29, 0.717) is 17.6 Å². The summed E-state index contributed by atoms with van der Waals surface area (Å²) in [5, 5.41) is 10.5. The van der Waals surface area contributed by atoms with Crippen molar-refractivity contribution in [3.8, 4) is 0 Å². The van der Waals surface area contributed by atoms with Gasteiger partial charge in [0.1, 0.15) is 10.9 Å². The molecule has 0 bridgehead atoms. The molecule has 2 saturated carbocycles. The van der Waals surface area contributed by atoms with Gasteiger partial charge in [-0.3, -0.25) is 0 Å². The van der Waals surface area contributed by atoms with Crippen LogP contribution >= 0.6 is 11.8 Å². The SMILES string of the molecule is Nc1cccnc1Sc1nnc(C2CC2)n1C1CC1. The first-order chi connectivity index (χ1) is 9.33. The number of anilines is 1. The van der Waals surface area contributed by atoms with Crippen molar-refractivity contribution < 1.29 is 0 Å². The van der Waals surface area contributed by atoms with Gasteiger partial charge in [0.2, 0.25) is 0 Å². The van der Waals surface area contributed by atoms with Crippen LogP contribution in [0.4, 0.5) is 5.69 Å². The van der Waals surface area contributed by atoms with Crippen molar-refractivity contribution in [1.29, 1.82) is 0 Å². The Kier molecular flexibility index (Phi) is 2.51. The molecular formula is C13H15N5S. The summed E-state index contributed by atoms with van der Waals surface area (Å²) in [6.07, 6.45) is 6.74. The molecule has 2 aliphatic rings. The molecule has 5 nitrogen and oxygen atoms in total. The van der Waals surface area contributed by atoms with Gasteiger partial charge < -0.3 is 10.3 Å². The lowest BCUT2D eigenvalue weighted by Gasteiger charge is -2.08. The summed E-state index contributed by atoms with van der Waals surface area (Å²) in [6.45, 7) is 0. The Morgan fingerprint density at radius 2 is 2.05 bits per heavy atom. The third-order valence-electron chi connectivity index (χ3n) is 3.53. The Labute approximate surface area is 115 Å². The van der Waals surface area contributed by atoms with Crippen molar-refractivity contribution in [1.82, 2.24) is 19.7 Å². The Morgan fingerprint density at radius 3 is 2.74 bits per heavy atom. The van der Waals surface area contributed by atoms with E-state index in [2.05, 4.69) is 19.7 Å². The van der Waals surface area contributed by atoms with Crippen LogP contribution < -0.4 is 5.73 Å². The van der Waals surface area contributed by atoms with Crippen molar-refractivity contribution in [2.75, 3.05) is 5.73 Å². The number of hydrogen-bond acceptors (Lipinski definition) is 5. The number of nitrogens with two attached hydrogens (primary N) is 1. The highest BCUT2D eigenvalue weighted by atomic mass is 32.2. The van der Waals surface area contributed by atoms with Crippen LogP contribution in [0.25, 0.3) is 0 Å². The molecule has 2 N–H and O–H groups in total. The van der Waals surface area contributed by atoms with Gasteiger partial charge in [0.25, 0.3) is 0 Å². The zero-order chi connectivity index (χ0) is 12.8.